The van der Waals surface area contributed by atoms with Gasteiger partial charge in [-0.2, -0.15) is 0 Å². The number of unbranched alkanes of at least 4 members (excludes halogenated alkanes) is 7. The molecule has 0 radical (unpaired) electrons. The maximum atomic E-state index is 13.0. The third-order valence-corrected chi connectivity index (χ3v) is 7.01. The largest absolute Gasteiger partial charge is 0.326 e. The zero-order valence-corrected chi connectivity index (χ0v) is 26.4. The van der Waals surface area contributed by atoms with Gasteiger partial charge >= 0.3 is 0 Å². The summed E-state index contributed by atoms with van der Waals surface area (Å²) in [6.07, 6.45) is 11.9. The van der Waals surface area contributed by atoms with E-state index in [1.807, 2.05) is 0 Å². The van der Waals surface area contributed by atoms with Gasteiger partial charge in [-0.1, -0.05) is 88.1 Å². The quantitative estimate of drug-likeness (QED) is 0.152. The normalized spacial score (nSPS) is 10.4. The fourth-order valence-corrected chi connectivity index (χ4v) is 4.36. The van der Waals surface area contributed by atoms with Crippen molar-refractivity contribution in [2.75, 3.05) is 10.6 Å². The molecule has 0 aliphatic rings. The first-order chi connectivity index (χ1) is 20.1. The second-order valence-electron chi connectivity index (χ2n) is 10.3. The van der Waals surface area contributed by atoms with Crippen LogP contribution < -0.4 is 10.6 Å². The summed E-state index contributed by atoms with van der Waals surface area (Å²) in [7, 11) is 0. The van der Waals surface area contributed by atoms with Crippen LogP contribution in [0, 0.1) is 5.82 Å². The van der Waals surface area contributed by atoms with Crippen molar-refractivity contribution in [3.05, 3.63) is 58.3 Å². The molecule has 0 saturated heterocycles. The summed E-state index contributed by atoms with van der Waals surface area (Å²) in [5.41, 5.74) is 0.899. The Kier molecular flexibility index (Phi) is 20.2. The van der Waals surface area contributed by atoms with Gasteiger partial charge in [0.05, 0.1) is 10.7 Å². The molecule has 0 aliphatic carbocycles. The zero-order valence-electron chi connectivity index (χ0n) is 24.9. The minimum Gasteiger partial charge on any atom is -0.326 e. The van der Waals surface area contributed by atoms with Crippen molar-refractivity contribution in [1.82, 2.24) is 0 Å². The predicted molar refractivity (Wildman–Crippen MR) is 171 cm³/mol. The van der Waals surface area contributed by atoms with Crippen LogP contribution in [0.3, 0.4) is 0 Å². The molecule has 0 spiro atoms. The lowest BCUT2D eigenvalue weighted by molar-refractivity contribution is -0.123. The molecule has 2 rings (SSSR count). The molecule has 6 nitrogen and oxygen atoms in total. The Labute approximate surface area is 260 Å². The fraction of sp³-hybridized carbons (Fsp3) is 0.515. The Morgan fingerprint density at radius 3 is 1.81 bits per heavy atom. The lowest BCUT2D eigenvalue weighted by atomic mass is 10.1. The number of halogens is 3. The highest BCUT2D eigenvalue weighted by molar-refractivity contribution is 6.35. The fourth-order valence-electron chi connectivity index (χ4n) is 4.03. The van der Waals surface area contributed by atoms with Gasteiger partial charge in [-0.3, -0.25) is 19.2 Å². The minimum absolute atomic E-state index is 0.130. The smallest absolute Gasteiger partial charge is 0.224 e. The topological polar surface area (TPSA) is 92.3 Å². The monoisotopic (exact) mass is 622 g/mol. The highest BCUT2D eigenvalue weighted by Crippen LogP contribution is 2.25. The van der Waals surface area contributed by atoms with E-state index in [1.165, 1.54) is 43.9 Å². The summed E-state index contributed by atoms with van der Waals surface area (Å²) in [5, 5.41) is 6.19. The number of benzene rings is 2. The van der Waals surface area contributed by atoms with Crippen molar-refractivity contribution in [3.8, 4) is 0 Å². The number of carbonyl (C=O) groups is 4. The van der Waals surface area contributed by atoms with Gasteiger partial charge in [0, 0.05) is 49.2 Å². The first-order valence-electron chi connectivity index (χ1n) is 15.0. The predicted octanol–water partition coefficient (Wildman–Crippen LogP) is 9.73. The number of anilines is 2. The van der Waals surface area contributed by atoms with Gasteiger partial charge in [0.15, 0.2) is 0 Å². The van der Waals surface area contributed by atoms with Crippen LogP contribution in [0.15, 0.2) is 42.5 Å². The van der Waals surface area contributed by atoms with Gasteiger partial charge in [-0.15, -0.1) is 0 Å². The highest BCUT2D eigenvalue weighted by Gasteiger charge is 2.10. The second kappa shape index (κ2) is 22.8. The van der Waals surface area contributed by atoms with E-state index < -0.39 is 5.82 Å². The van der Waals surface area contributed by atoms with Gasteiger partial charge in [0.25, 0.3) is 0 Å². The van der Waals surface area contributed by atoms with E-state index in [2.05, 4.69) is 24.5 Å². The Balaban J connectivity index is 0.000000422. The molecule has 2 amide bonds. The lowest BCUT2D eigenvalue weighted by Gasteiger charge is -2.07. The molecule has 0 aliphatic heterocycles. The molecule has 0 atom stereocenters. The molecule has 0 bridgehead atoms. The van der Waals surface area contributed by atoms with Crippen LogP contribution in [0.4, 0.5) is 15.8 Å². The number of Topliss-reactive ketones (excluding diaryl/α,β-unsaturated/α-hetero) is 2. The number of carbonyl (C=O) groups excluding carboxylic acids is 4. The average molecular weight is 624 g/mol. The van der Waals surface area contributed by atoms with E-state index in [0.717, 1.165) is 32.1 Å². The van der Waals surface area contributed by atoms with E-state index in [4.69, 9.17) is 23.2 Å². The summed E-state index contributed by atoms with van der Waals surface area (Å²) in [5.74, 6) is -0.604. The SMILES string of the molecule is CCCCCC(=O)CCC(=O)Nc1cc(Cl)ccc1Cl.CCCCCCCCC(=O)CCC(=O)Nc1cccc(F)c1. The van der Waals surface area contributed by atoms with E-state index in [9.17, 15) is 23.6 Å². The number of nitrogens with one attached hydrogen (secondary N) is 2. The number of ketones is 2. The average Bonchev–Trinajstić information content (AvgIpc) is 2.95. The van der Waals surface area contributed by atoms with Crippen molar-refractivity contribution in [1.29, 1.82) is 0 Å². The highest BCUT2D eigenvalue weighted by atomic mass is 35.5. The van der Waals surface area contributed by atoms with Crippen molar-refractivity contribution < 1.29 is 23.6 Å². The molecule has 232 valence electrons. The van der Waals surface area contributed by atoms with Gasteiger partial charge in [-0.05, 0) is 49.2 Å². The number of hydrogen-bond acceptors (Lipinski definition) is 4. The molecule has 2 aromatic rings. The molecule has 0 unspecified atom stereocenters. The van der Waals surface area contributed by atoms with Crippen LogP contribution in [0.5, 0.6) is 0 Å². The molecule has 2 N–H and O–H groups in total. The molecule has 0 aromatic heterocycles. The van der Waals surface area contributed by atoms with Crippen LogP contribution in [-0.4, -0.2) is 23.4 Å². The summed E-state index contributed by atoms with van der Waals surface area (Å²) >= 11 is 11.8. The van der Waals surface area contributed by atoms with Crippen LogP contribution >= 0.6 is 23.2 Å². The Morgan fingerprint density at radius 1 is 0.643 bits per heavy atom. The lowest BCUT2D eigenvalue weighted by Crippen LogP contribution is -2.13. The summed E-state index contributed by atoms with van der Waals surface area (Å²) < 4.78 is 13.0. The van der Waals surface area contributed by atoms with Gasteiger partial charge < -0.3 is 10.6 Å². The summed E-state index contributed by atoms with van der Waals surface area (Å²) in [4.78, 5) is 46.7. The number of amides is 2. The maximum absolute atomic E-state index is 13.0. The second-order valence-corrected chi connectivity index (χ2v) is 11.1. The van der Waals surface area contributed by atoms with E-state index >= 15 is 0 Å². The van der Waals surface area contributed by atoms with E-state index in [1.54, 1.807) is 24.3 Å². The van der Waals surface area contributed by atoms with Crippen molar-refractivity contribution >= 4 is 58.0 Å². The Morgan fingerprint density at radius 2 is 1.19 bits per heavy atom. The molecule has 0 heterocycles. The third kappa shape index (κ3) is 18.6. The Hall–Kier alpha value is -2.77. The molecule has 0 fully saturated rings. The van der Waals surface area contributed by atoms with Gasteiger partial charge in [-0.25, -0.2) is 4.39 Å². The first-order valence-corrected chi connectivity index (χ1v) is 15.7. The third-order valence-electron chi connectivity index (χ3n) is 6.44. The number of hydrogen-bond donors (Lipinski definition) is 2. The molecular weight excluding hydrogens is 578 g/mol. The maximum Gasteiger partial charge on any atom is 0.224 e. The summed E-state index contributed by atoms with van der Waals surface area (Å²) in [6, 6.07) is 10.6. The minimum atomic E-state index is -0.392. The van der Waals surface area contributed by atoms with Crippen LogP contribution in [0.25, 0.3) is 0 Å². The molecule has 42 heavy (non-hydrogen) atoms. The van der Waals surface area contributed by atoms with Gasteiger partial charge in [0.1, 0.15) is 17.4 Å². The number of rotatable bonds is 19. The molecule has 9 heteroatoms. The molecular formula is C33H45Cl2FN2O4. The van der Waals surface area contributed by atoms with Crippen molar-refractivity contribution in [2.45, 2.75) is 110 Å². The van der Waals surface area contributed by atoms with Crippen molar-refractivity contribution in [3.63, 3.8) is 0 Å². The van der Waals surface area contributed by atoms with Crippen LogP contribution in [0.2, 0.25) is 10.0 Å². The van der Waals surface area contributed by atoms with E-state index in [-0.39, 0.29) is 49.1 Å². The van der Waals surface area contributed by atoms with E-state index in [0.29, 0.717) is 34.3 Å². The standard InChI is InChI=1S/C18H26FNO2.C15H19Cl2NO2/c1-2-3-4-5-6-7-11-17(21)12-13-18(22)20-16-10-8-9-15(19)14-16;1-2-3-4-5-12(19)7-9-15(20)18-14-10-11(16)6-8-13(14)17/h8-10,14H,2-7,11-13H2,1H3,(H,20,22);6,8,10H,2-5,7,9H2,1H3,(H,18,20). The zero-order chi connectivity index (χ0) is 31.2. The summed E-state index contributed by atoms with van der Waals surface area (Å²) in [6.45, 7) is 4.27. The molecule has 0 saturated carbocycles. The van der Waals surface area contributed by atoms with Crippen molar-refractivity contribution in [2.24, 2.45) is 0 Å². The van der Waals surface area contributed by atoms with Crippen LogP contribution in [0.1, 0.15) is 110 Å². The van der Waals surface area contributed by atoms with Crippen LogP contribution in [-0.2, 0) is 19.2 Å². The first kappa shape index (κ1) is 37.3. The Bertz CT molecular complexity index is 1130. The molecule has 2 aromatic carbocycles. The van der Waals surface area contributed by atoms with Gasteiger partial charge in [0.2, 0.25) is 11.8 Å².